The zero-order valence-corrected chi connectivity index (χ0v) is 15.0. The maximum absolute atomic E-state index is 11.6. The molecule has 2 N–H and O–H groups in total. The maximum Gasteiger partial charge on any atom is 0.238 e. The van der Waals surface area contributed by atoms with Gasteiger partial charge >= 0.3 is 0 Å². The van der Waals surface area contributed by atoms with Gasteiger partial charge in [0.25, 0.3) is 0 Å². The SMILES string of the molecule is CCCn1cc(-c2nc3cc(S(N)(=O)=O)ccc3n2CCOC)cn1. The molecule has 0 radical (unpaired) electrons. The highest BCUT2D eigenvalue weighted by atomic mass is 32.2. The van der Waals surface area contributed by atoms with Crippen molar-refractivity contribution in [2.24, 2.45) is 5.14 Å². The molecule has 1 aromatic carbocycles. The summed E-state index contributed by atoms with van der Waals surface area (Å²) in [5, 5.41) is 9.57. The minimum absolute atomic E-state index is 0.0459. The fraction of sp³-hybridized carbons (Fsp3) is 0.375. The quantitative estimate of drug-likeness (QED) is 0.686. The molecular weight excluding hydrogens is 342 g/mol. The molecule has 0 unspecified atom stereocenters. The molecule has 0 aliphatic heterocycles. The molecular formula is C16H21N5O3S. The summed E-state index contributed by atoms with van der Waals surface area (Å²) in [7, 11) is -2.14. The van der Waals surface area contributed by atoms with E-state index in [2.05, 4.69) is 17.0 Å². The number of hydrogen-bond acceptors (Lipinski definition) is 5. The summed E-state index contributed by atoms with van der Waals surface area (Å²) in [5.41, 5.74) is 2.27. The van der Waals surface area contributed by atoms with E-state index in [0.29, 0.717) is 18.7 Å². The summed E-state index contributed by atoms with van der Waals surface area (Å²) in [6.07, 6.45) is 4.69. The summed E-state index contributed by atoms with van der Waals surface area (Å²) in [6.45, 7) is 4.02. The Morgan fingerprint density at radius 3 is 2.76 bits per heavy atom. The van der Waals surface area contributed by atoms with Gasteiger partial charge in [0.1, 0.15) is 5.82 Å². The molecule has 8 nitrogen and oxygen atoms in total. The second-order valence-electron chi connectivity index (χ2n) is 5.77. The Balaban J connectivity index is 2.14. The van der Waals surface area contributed by atoms with E-state index in [1.165, 1.54) is 12.1 Å². The van der Waals surface area contributed by atoms with Gasteiger partial charge in [0, 0.05) is 26.4 Å². The van der Waals surface area contributed by atoms with Gasteiger partial charge in [0.2, 0.25) is 10.0 Å². The third-order valence-electron chi connectivity index (χ3n) is 3.91. The first-order valence-electron chi connectivity index (χ1n) is 7.99. The van der Waals surface area contributed by atoms with E-state index in [0.717, 1.165) is 29.9 Å². The minimum atomic E-state index is -3.77. The van der Waals surface area contributed by atoms with Crippen LogP contribution in [0.2, 0.25) is 0 Å². The van der Waals surface area contributed by atoms with Crippen molar-refractivity contribution in [2.45, 2.75) is 31.3 Å². The fourth-order valence-electron chi connectivity index (χ4n) is 2.75. The molecule has 3 rings (SSSR count). The first-order valence-corrected chi connectivity index (χ1v) is 9.53. The van der Waals surface area contributed by atoms with E-state index in [4.69, 9.17) is 9.88 Å². The molecule has 134 valence electrons. The number of primary sulfonamides is 1. The van der Waals surface area contributed by atoms with E-state index >= 15 is 0 Å². The van der Waals surface area contributed by atoms with Gasteiger partial charge in [0.05, 0.1) is 34.3 Å². The lowest BCUT2D eigenvalue weighted by molar-refractivity contribution is 0.188. The van der Waals surface area contributed by atoms with E-state index in [-0.39, 0.29) is 4.90 Å². The largest absolute Gasteiger partial charge is 0.383 e. The molecule has 3 aromatic rings. The predicted molar refractivity (Wildman–Crippen MR) is 94.5 cm³/mol. The standard InChI is InChI=1S/C16H21N5O3S/c1-3-6-20-11-12(10-18-20)16-19-14-9-13(25(17,22)23)4-5-15(14)21(16)7-8-24-2/h4-5,9-11H,3,6-8H2,1-2H3,(H2,17,22,23). The molecule has 9 heteroatoms. The molecule has 25 heavy (non-hydrogen) atoms. The third kappa shape index (κ3) is 3.58. The normalized spacial score (nSPS) is 12.1. The number of aryl methyl sites for hydroxylation is 1. The van der Waals surface area contributed by atoms with Crippen molar-refractivity contribution in [2.75, 3.05) is 13.7 Å². The minimum Gasteiger partial charge on any atom is -0.383 e. The number of ether oxygens (including phenoxy) is 1. The van der Waals surface area contributed by atoms with E-state index in [9.17, 15) is 8.42 Å². The van der Waals surface area contributed by atoms with Gasteiger partial charge in [0.15, 0.2) is 0 Å². The number of hydrogen-bond donors (Lipinski definition) is 1. The summed E-state index contributed by atoms with van der Waals surface area (Å²) >= 11 is 0. The lowest BCUT2D eigenvalue weighted by Gasteiger charge is -2.07. The van der Waals surface area contributed by atoms with Crippen LogP contribution in [0.4, 0.5) is 0 Å². The van der Waals surface area contributed by atoms with Crippen molar-refractivity contribution >= 4 is 21.1 Å². The third-order valence-corrected chi connectivity index (χ3v) is 4.82. The zero-order valence-electron chi connectivity index (χ0n) is 14.2. The number of sulfonamides is 1. The highest BCUT2D eigenvalue weighted by molar-refractivity contribution is 7.89. The van der Waals surface area contributed by atoms with E-state index < -0.39 is 10.0 Å². The lowest BCUT2D eigenvalue weighted by Crippen LogP contribution is -2.12. The summed E-state index contributed by atoms with van der Waals surface area (Å²) in [4.78, 5) is 4.66. The van der Waals surface area contributed by atoms with Crippen LogP contribution >= 0.6 is 0 Å². The number of imidazole rings is 1. The molecule has 0 atom stereocenters. The second kappa shape index (κ2) is 6.95. The van der Waals surface area contributed by atoms with Crippen LogP contribution in [0, 0.1) is 0 Å². The van der Waals surface area contributed by atoms with Crippen LogP contribution in [-0.2, 0) is 27.8 Å². The number of aromatic nitrogens is 4. The Labute approximate surface area is 146 Å². The molecule has 2 aromatic heterocycles. The molecule has 2 heterocycles. The highest BCUT2D eigenvalue weighted by Gasteiger charge is 2.17. The monoisotopic (exact) mass is 363 g/mol. The Bertz CT molecular complexity index is 991. The van der Waals surface area contributed by atoms with E-state index in [1.54, 1.807) is 19.4 Å². The predicted octanol–water partition coefficient (Wildman–Crippen LogP) is 1.60. The number of nitrogens with two attached hydrogens (primary N) is 1. The molecule has 0 bridgehead atoms. The topological polar surface area (TPSA) is 105 Å². The van der Waals surface area contributed by atoms with Crippen LogP contribution in [0.1, 0.15) is 13.3 Å². The molecule has 0 saturated heterocycles. The van der Waals surface area contributed by atoms with Crippen molar-refractivity contribution in [1.82, 2.24) is 19.3 Å². The molecule has 0 aliphatic rings. The van der Waals surface area contributed by atoms with Crippen LogP contribution in [0.3, 0.4) is 0 Å². The first kappa shape index (κ1) is 17.6. The van der Waals surface area contributed by atoms with Crippen molar-refractivity contribution in [3.63, 3.8) is 0 Å². The Kier molecular flexibility index (Phi) is 4.89. The molecule has 0 aliphatic carbocycles. The molecule has 0 saturated carbocycles. The number of rotatable bonds is 7. The smallest absolute Gasteiger partial charge is 0.238 e. The zero-order chi connectivity index (χ0) is 18.0. The van der Waals surface area contributed by atoms with Gasteiger partial charge in [-0.15, -0.1) is 0 Å². The van der Waals surface area contributed by atoms with Crippen molar-refractivity contribution in [1.29, 1.82) is 0 Å². The molecule has 0 fully saturated rings. The van der Waals surface area contributed by atoms with Gasteiger partial charge in [-0.1, -0.05) is 6.92 Å². The van der Waals surface area contributed by atoms with Gasteiger partial charge < -0.3 is 9.30 Å². The summed E-state index contributed by atoms with van der Waals surface area (Å²) in [5.74, 6) is 0.723. The number of benzene rings is 1. The van der Waals surface area contributed by atoms with Crippen LogP contribution in [-0.4, -0.2) is 41.5 Å². The molecule has 0 spiro atoms. The van der Waals surface area contributed by atoms with Crippen molar-refractivity contribution in [3.8, 4) is 11.4 Å². The van der Waals surface area contributed by atoms with Gasteiger partial charge in [-0.2, -0.15) is 5.10 Å². The van der Waals surface area contributed by atoms with Crippen LogP contribution < -0.4 is 5.14 Å². The van der Waals surface area contributed by atoms with Crippen LogP contribution in [0.5, 0.6) is 0 Å². The average Bonchev–Trinajstić information content (AvgIpc) is 3.16. The first-order chi connectivity index (χ1) is 11.9. The van der Waals surface area contributed by atoms with Gasteiger partial charge in [-0.05, 0) is 24.6 Å². The number of nitrogens with zero attached hydrogens (tertiary/aromatic N) is 4. The van der Waals surface area contributed by atoms with Crippen LogP contribution in [0.15, 0.2) is 35.5 Å². The summed E-state index contributed by atoms with van der Waals surface area (Å²) < 4.78 is 32.2. The molecule has 0 amide bonds. The van der Waals surface area contributed by atoms with Gasteiger partial charge in [-0.25, -0.2) is 18.5 Å². The second-order valence-corrected chi connectivity index (χ2v) is 7.33. The van der Waals surface area contributed by atoms with Crippen molar-refractivity contribution < 1.29 is 13.2 Å². The average molecular weight is 363 g/mol. The number of methoxy groups -OCH3 is 1. The Hall–Kier alpha value is -2.23. The highest BCUT2D eigenvalue weighted by Crippen LogP contribution is 2.26. The summed E-state index contributed by atoms with van der Waals surface area (Å²) in [6, 6.07) is 4.71. The number of fused-ring (bicyclic) bond motifs is 1. The fourth-order valence-corrected chi connectivity index (χ4v) is 3.28. The maximum atomic E-state index is 11.6. The Morgan fingerprint density at radius 1 is 1.28 bits per heavy atom. The van der Waals surface area contributed by atoms with E-state index in [1.807, 2.05) is 15.4 Å². The lowest BCUT2D eigenvalue weighted by atomic mass is 10.3. The van der Waals surface area contributed by atoms with Crippen molar-refractivity contribution in [3.05, 3.63) is 30.6 Å². The van der Waals surface area contributed by atoms with Crippen LogP contribution in [0.25, 0.3) is 22.4 Å². The Morgan fingerprint density at radius 2 is 2.08 bits per heavy atom. The van der Waals surface area contributed by atoms with Gasteiger partial charge in [-0.3, -0.25) is 4.68 Å².